The summed E-state index contributed by atoms with van der Waals surface area (Å²) in [7, 11) is 3.36. The molecule has 0 fully saturated rings. The van der Waals surface area contributed by atoms with Crippen molar-refractivity contribution in [3.63, 3.8) is 0 Å². The first-order valence-electron chi connectivity index (χ1n) is 4.94. The van der Waals surface area contributed by atoms with Crippen LogP contribution in [0, 0.1) is 0 Å². The van der Waals surface area contributed by atoms with Crippen LogP contribution >= 0.6 is 21.6 Å². The monoisotopic (exact) mass is 273 g/mol. The van der Waals surface area contributed by atoms with E-state index in [0.717, 1.165) is 10.5 Å². The van der Waals surface area contributed by atoms with E-state index in [1.54, 1.807) is 21.6 Å². The van der Waals surface area contributed by atoms with Crippen molar-refractivity contribution in [2.24, 2.45) is 0 Å². The molecular formula is C11H15NO3S2. The summed E-state index contributed by atoms with van der Waals surface area (Å²) in [5.74, 6) is 0. The summed E-state index contributed by atoms with van der Waals surface area (Å²) in [5, 5.41) is 8.45. The minimum absolute atomic E-state index is 0.555. The molecule has 1 aromatic carbocycles. The predicted octanol–water partition coefficient (Wildman–Crippen LogP) is 3.49. The molecule has 4 nitrogen and oxygen atoms in total. The Labute approximate surface area is 108 Å². The molecule has 0 atom stereocenters. The maximum absolute atomic E-state index is 10.3. The molecule has 94 valence electrons. The van der Waals surface area contributed by atoms with Crippen LogP contribution in [0.25, 0.3) is 0 Å². The summed E-state index contributed by atoms with van der Waals surface area (Å²) in [6.45, 7) is 3.71. The summed E-state index contributed by atoms with van der Waals surface area (Å²) < 4.78 is 0. The number of hydrogen-bond donors (Lipinski definition) is 2. The fourth-order valence-electron chi connectivity index (χ4n) is 1.25. The Hall–Kier alpha value is -0.850. The summed E-state index contributed by atoms with van der Waals surface area (Å²) in [4.78, 5) is 15.9. The molecule has 0 saturated carbocycles. The Balaban J connectivity index is 2.73. The van der Waals surface area contributed by atoms with Crippen molar-refractivity contribution >= 4 is 27.7 Å². The largest absolute Gasteiger partial charge is 0.525 e. The molecule has 0 spiro atoms. The van der Waals surface area contributed by atoms with E-state index in [2.05, 4.69) is 10.3 Å². The zero-order chi connectivity index (χ0) is 12.9. The van der Waals surface area contributed by atoms with Crippen molar-refractivity contribution in [2.45, 2.75) is 24.3 Å². The molecule has 6 heteroatoms. The summed E-state index contributed by atoms with van der Waals surface area (Å²) >= 11 is 0. The lowest BCUT2D eigenvalue weighted by atomic mass is 9.96. The molecule has 1 rings (SSSR count). The molecule has 0 amide bonds. The second kappa shape index (κ2) is 6.18. The van der Waals surface area contributed by atoms with E-state index >= 15 is 0 Å². The summed E-state index contributed by atoms with van der Waals surface area (Å²) in [6.07, 6.45) is 0.678. The number of hydroxylamine groups is 1. The number of carbonyl (C=O) groups is 1. The lowest BCUT2D eigenvalue weighted by Crippen LogP contribution is -2.37. The van der Waals surface area contributed by atoms with E-state index in [4.69, 9.17) is 5.11 Å². The third-order valence-corrected chi connectivity index (χ3v) is 3.86. The van der Waals surface area contributed by atoms with Crippen molar-refractivity contribution in [3.05, 3.63) is 29.8 Å². The molecule has 0 heterocycles. The predicted molar refractivity (Wildman–Crippen MR) is 71.1 cm³/mol. The Kier molecular flexibility index (Phi) is 5.17. The highest BCUT2D eigenvalue weighted by Gasteiger charge is 2.22. The second-order valence-corrected chi connectivity index (χ2v) is 6.34. The van der Waals surface area contributed by atoms with E-state index < -0.39 is 11.7 Å². The van der Waals surface area contributed by atoms with Crippen molar-refractivity contribution < 1.29 is 14.7 Å². The molecular weight excluding hydrogens is 258 g/mol. The van der Waals surface area contributed by atoms with E-state index in [-0.39, 0.29) is 0 Å². The number of benzene rings is 1. The molecule has 0 unspecified atom stereocenters. The minimum atomic E-state index is -1.34. The van der Waals surface area contributed by atoms with Gasteiger partial charge in [0.05, 0.1) is 5.54 Å². The molecule has 0 saturated heterocycles. The third-order valence-electron chi connectivity index (χ3n) is 2.15. The molecule has 0 aliphatic carbocycles. The van der Waals surface area contributed by atoms with Gasteiger partial charge in [0.1, 0.15) is 0 Å². The zero-order valence-electron chi connectivity index (χ0n) is 9.89. The van der Waals surface area contributed by atoms with Crippen molar-refractivity contribution in [1.82, 2.24) is 5.48 Å². The van der Waals surface area contributed by atoms with Gasteiger partial charge in [-0.3, -0.25) is 0 Å². The number of nitrogens with one attached hydrogen (secondary N) is 1. The smallest absolute Gasteiger partial charge is 0.448 e. The van der Waals surface area contributed by atoms with Gasteiger partial charge in [-0.05, 0) is 37.8 Å². The molecule has 1 aromatic rings. The van der Waals surface area contributed by atoms with Gasteiger partial charge in [0.25, 0.3) is 0 Å². The van der Waals surface area contributed by atoms with Crippen molar-refractivity contribution in [3.8, 4) is 0 Å². The lowest BCUT2D eigenvalue weighted by molar-refractivity contribution is 0.00572. The first-order valence-corrected chi connectivity index (χ1v) is 7.49. The highest BCUT2D eigenvalue weighted by atomic mass is 33.1. The van der Waals surface area contributed by atoms with Crippen LogP contribution in [0.4, 0.5) is 4.79 Å². The molecule has 0 bridgehead atoms. The van der Waals surface area contributed by atoms with Crippen LogP contribution in [0.3, 0.4) is 0 Å². The second-order valence-electron chi connectivity index (χ2n) is 3.87. The summed E-state index contributed by atoms with van der Waals surface area (Å²) in [5.41, 5.74) is 2.92. The van der Waals surface area contributed by atoms with Gasteiger partial charge in [-0.2, -0.15) is 0 Å². The van der Waals surface area contributed by atoms with Gasteiger partial charge in [0.2, 0.25) is 0 Å². The highest BCUT2D eigenvalue weighted by Crippen LogP contribution is 2.30. The third kappa shape index (κ3) is 4.49. The van der Waals surface area contributed by atoms with Crippen LogP contribution in [0.2, 0.25) is 0 Å². The van der Waals surface area contributed by atoms with Crippen LogP contribution < -0.4 is 5.48 Å². The van der Waals surface area contributed by atoms with E-state index in [1.165, 1.54) is 0 Å². The lowest BCUT2D eigenvalue weighted by Gasteiger charge is -2.24. The maximum Gasteiger partial charge on any atom is 0.525 e. The van der Waals surface area contributed by atoms with Crippen LogP contribution in [0.15, 0.2) is 29.2 Å². The molecule has 0 aromatic heterocycles. The van der Waals surface area contributed by atoms with Gasteiger partial charge in [0.15, 0.2) is 0 Å². The van der Waals surface area contributed by atoms with Gasteiger partial charge in [0, 0.05) is 4.90 Å². The van der Waals surface area contributed by atoms with Gasteiger partial charge < -0.3 is 9.94 Å². The van der Waals surface area contributed by atoms with E-state index in [1.807, 2.05) is 44.4 Å². The van der Waals surface area contributed by atoms with Gasteiger partial charge in [-0.1, -0.05) is 33.7 Å². The SMILES string of the molecule is CSSc1ccc(C(C)(C)NOC(=O)O)cc1. The number of rotatable bonds is 5. The first kappa shape index (κ1) is 14.2. The molecule has 0 aliphatic heterocycles. The van der Waals surface area contributed by atoms with Crippen LogP contribution in [0.1, 0.15) is 19.4 Å². The minimum Gasteiger partial charge on any atom is -0.448 e. The molecule has 0 aliphatic rings. The first-order chi connectivity index (χ1) is 7.95. The van der Waals surface area contributed by atoms with E-state index in [0.29, 0.717) is 0 Å². The number of carboxylic acid groups (broad SMARTS) is 1. The normalized spacial score (nSPS) is 11.2. The van der Waals surface area contributed by atoms with Crippen molar-refractivity contribution in [1.29, 1.82) is 0 Å². The number of hydrogen-bond acceptors (Lipinski definition) is 5. The van der Waals surface area contributed by atoms with Gasteiger partial charge in [-0.15, -0.1) is 5.48 Å². The van der Waals surface area contributed by atoms with Crippen LogP contribution in [-0.4, -0.2) is 17.5 Å². The summed E-state index contributed by atoms with van der Waals surface area (Å²) in [6, 6.07) is 7.91. The van der Waals surface area contributed by atoms with Gasteiger partial charge in [-0.25, -0.2) is 4.79 Å². The molecule has 2 N–H and O–H groups in total. The molecule has 17 heavy (non-hydrogen) atoms. The zero-order valence-corrected chi connectivity index (χ0v) is 11.5. The fourth-order valence-corrected chi connectivity index (χ4v) is 2.60. The topological polar surface area (TPSA) is 58.6 Å². The average Bonchev–Trinajstić information content (AvgIpc) is 2.28. The van der Waals surface area contributed by atoms with Crippen LogP contribution in [0.5, 0.6) is 0 Å². The Morgan fingerprint density at radius 2 is 1.94 bits per heavy atom. The Morgan fingerprint density at radius 3 is 2.41 bits per heavy atom. The Morgan fingerprint density at radius 1 is 1.35 bits per heavy atom. The Bertz CT molecular complexity index is 379. The standard InChI is InChI=1S/C11H15NO3S2/c1-11(2,12-15-10(13)14)8-4-6-9(7-5-8)17-16-3/h4-7,12H,1-3H3,(H,13,14). The fraction of sp³-hybridized carbons (Fsp3) is 0.364. The molecule has 0 radical (unpaired) electrons. The van der Waals surface area contributed by atoms with Crippen molar-refractivity contribution in [2.75, 3.05) is 6.26 Å². The van der Waals surface area contributed by atoms with E-state index in [9.17, 15) is 4.79 Å². The highest BCUT2D eigenvalue weighted by molar-refractivity contribution is 8.76. The van der Waals surface area contributed by atoms with Crippen LogP contribution in [-0.2, 0) is 10.4 Å². The van der Waals surface area contributed by atoms with Gasteiger partial charge >= 0.3 is 6.16 Å². The maximum atomic E-state index is 10.3. The average molecular weight is 273 g/mol. The quantitative estimate of drug-likeness (QED) is 0.632.